The number of aromatic amines is 2. The molecule has 0 aliphatic carbocycles. The third-order valence-electron chi connectivity index (χ3n) is 4.15. The van der Waals surface area contributed by atoms with Crippen LogP contribution in [-0.2, 0) is 11.2 Å². The van der Waals surface area contributed by atoms with Crippen molar-refractivity contribution in [2.75, 3.05) is 12.8 Å². The zero-order valence-corrected chi connectivity index (χ0v) is 19.5. The number of thioether (sulfide) groups is 1. The fourth-order valence-corrected chi connectivity index (χ4v) is 5.61. The molecule has 0 amide bonds. The summed E-state index contributed by atoms with van der Waals surface area (Å²) < 4.78 is 7.15. The van der Waals surface area contributed by atoms with Crippen molar-refractivity contribution in [3.8, 4) is 5.19 Å². The van der Waals surface area contributed by atoms with Crippen molar-refractivity contribution in [1.29, 1.82) is 0 Å². The first-order valence-corrected chi connectivity index (χ1v) is 12.2. The molecule has 15 heteroatoms. The number of aromatic nitrogens is 8. The first-order valence-electron chi connectivity index (χ1n) is 9.49. The molecular formula is C17H19N10O2S3+. The Kier molecular flexibility index (Phi) is 7.34. The van der Waals surface area contributed by atoms with Gasteiger partial charge in [0.15, 0.2) is 10.8 Å². The van der Waals surface area contributed by atoms with E-state index >= 15 is 0 Å². The van der Waals surface area contributed by atoms with Gasteiger partial charge >= 0.3 is 5.13 Å². The Morgan fingerprint density at radius 1 is 1.31 bits per heavy atom. The summed E-state index contributed by atoms with van der Waals surface area (Å²) in [5.74, 6) is 2.01. The van der Waals surface area contributed by atoms with E-state index in [0.29, 0.717) is 28.4 Å². The van der Waals surface area contributed by atoms with E-state index < -0.39 is 6.23 Å². The predicted octanol–water partition coefficient (Wildman–Crippen LogP) is 2.34. The van der Waals surface area contributed by atoms with E-state index in [9.17, 15) is 4.79 Å². The van der Waals surface area contributed by atoms with Gasteiger partial charge in [-0.15, -0.1) is 9.67 Å². The second kappa shape index (κ2) is 10.6. The van der Waals surface area contributed by atoms with Gasteiger partial charge in [-0.25, -0.2) is 4.98 Å². The van der Waals surface area contributed by atoms with Gasteiger partial charge in [-0.05, 0) is 30.2 Å². The van der Waals surface area contributed by atoms with Crippen LogP contribution in [0.5, 0.6) is 5.19 Å². The van der Waals surface area contributed by atoms with Gasteiger partial charge < -0.3 is 4.74 Å². The average molecular weight is 492 g/mol. The van der Waals surface area contributed by atoms with Crippen molar-refractivity contribution in [2.24, 2.45) is 0 Å². The normalized spacial score (nSPS) is 12.9. The van der Waals surface area contributed by atoms with Crippen LogP contribution in [0.1, 0.15) is 34.2 Å². The van der Waals surface area contributed by atoms with Crippen molar-refractivity contribution >= 4 is 51.5 Å². The molecule has 0 aliphatic heterocycles. The maximum absolute atomic E-state index is 11.5. The molecule has 4 aromatic heterocycles. The molecule has 3 N–H and O–H groups in total. The van der Waals surface area contributed by atoms with E-state index in [4.69, 9.17) is 4.74 Å². The van der Waals surface area contributed by atoms with Crippen LogP contribution in [0.2, 0.25) is 0 Å². The lowest BCUT2D eigenvalue weighted by Crippen LogP contribution is -2.23. The molecule has 4 heterocycles. The highest BCUT2D eigenvalue weighted by atomic mass is 32.2. The van der Waals surface area contributed by atoms with E-state index in [2.05, 4.69) is 52.8 Å². The molecule has 0 radical (unpaired) electrons. The zero-order valence-electron chi connectivity index (χ0n) is 17.1. The number of nitrogens with one attached hydrogen (secondary N) is 3. The molecule has 4 rings (SSSR count). The minimum Gasteiger partial charge on any atom is -0.442 e. The standard InChI is InChI=1S/C17H19N10O2S3/c1-3-30-10(15-24-25-16(32-15)27(9-28)11-5-4-6-19-11)7-12-22-26-17(31-12)29-14(18-2)13-20-8-21-23-13/h4-6,8,10,14,18-19H,3,7H2,1-2H3,(H,20,21,23)/q+1. The summed E-state index contributed by atoms with van der Waals surface area (Å²) in [4.78, 5) is 18.5. The van der Waals surface area contributed by atoms with Gasteiger partial charge in [0.05, 0.1) is 11.4 Å². The Bertz CT molecular complexity index is 1170. The first-order chi connectivity index (χ1) is 15.7. The number of hydrogen-bond donors (Lipinski definition) is 3. The molecular weight excluding hydrogens is 472 g/mol. The molecule has 4 aromatic rings. The quantitative estimate of drug-likeness (QED) is 0.123. The van der Waals surface area contributed by atoms with Crippen molar-refractivity contribution in [3.63, 3.8) is 0 Å². The maximum Gasteiger partial charge on any atom is 0.362 e. The van der Waals surface area contributed by atoms with Crippen LogP contribution in [0.25, 0.3) is 0 Å². The second-order valence-corrected chi connectivity index (χ2v) is 9.66. The fraction of sp³-hybridized carbons (Fsp3) is 0.353. The molecule has 0 aromatic carbocycles. The summed E-state index contributed by atoms with van der Waals surface area (Å²) in [6, 6.07) is 3.57. The van der Waals surface area contributed by atoms with Gasteiger partial charge in [0.1, 0.15) is 11.3 Å². The van der Waals surface area contributed by atoms with Crippen molar-refractivity contribution in [1.82, 2.24) is 50.5 Å². The predicted molar refractivity (Wildman–Crippen MR) is 121 cm³/mol. The van der Waals surface area contributed by atoms with E-state index in [1.54, 1.807) is 37.1 Å². The lowest BCUT2D eigenvalue weighted by Gasteiger charge is -2.12. The van der Waals surface area contributed by atoms with E-state index in [-0.39, 0.29) is 5.25 Å². The summed E-state index contributed by atoms with van der Waals surface area (Å²) in [6.45, 7) is 2.08. The number of nitrogens with zero attached hydrogens (tertiary/aromatic N) is 7. The number of ether oxygens (including phenoxy) is 1. The van der Waals surface area contributed by atoms with Crippen LogP contribution in [0.3, 0.4) is 0 Å². The molecule has 0 bridgehead atoms. The Balaban J connectivity index is 1.48. The smallest absolute Gasteiger partial charge is 0.362 e. The second-order valence-electron chi connectivity index (χ2n) is 6.17. The maximum atomic E-state index is 11.5. The molecule has 32 heavy (non-hydrogen) atoms. The Labute approximate surface area is 194 Å². The summed E-state index contributed by atoms with van der Waals surface area (Å²) in [7, 11) is 1.75. The third-order valence-corrected chi connectivity index (χ3v) is 7.28. The van der Waals surface area contributed by atoms with Crippen molar-refractivity contribution < 1.29 is 9.53 Å². The molecule has 0 spiro atoms. The van der Waals surface area contributed by atoms with Gasteiger partial charge in [0.2, 0.25) is 12.0 Å². The number of carbonyl (C=O) groups excluding carboxylic acids is 1. The summed E-state index contributed by atoms with van der Waals surface area (Å²) in [5.41, 5.74) is 0. The largest absolute Gasteiger partial charge is 0.442 e. The van der Waals surface area contributed by atoms with Gasteiger partial charge in [0.25, 0.3) is 11.3 Å². The Morgan fingerprint density at radius 3 is 2.91 bits per heavy atom. The number of rotatable bonds is 11. The van der Waals surface area contributed by atoms with Crippen LogP contribution in [-0.4, -0.2) is 59.4 Å². The first kappa shape index (κ1) is 22.2. The molecule has 0 aliphatic rings. The van der Waals surface area contributed by atoms with E-state index in [1.165, 1.54) is 33.6 Å². The van der Waals surface area contributed by atoms with Crippen molar-refractivity contribution in [3.05, 3.63) is 40.5 Å². The van der Waals surface area contributed by atoms with E-state index in [1.807, 2.05) is 6.08 Å². The molecule has 0 saturated carbocycles. The SMILES string of the molecule is CCSC(Cc1nnc(OC(NC)c2ncn[nH]2)s1)c1nnc([N+](=C=O)c2ccc[nH]2)s1. The number of H-pyrrole nitrogens is 2. The van der Waals surface area contributed by atoms with Crippen LogP contribution >= 0.6 is 34.4 Å². The highest BCUT2D eigenvalue weighted by Gasteiger charge is 2.26. The summed E-state index contributed by atoms with van der Waals surface area (Å²) >= 11 is 4.43. The van der Waals surface area contributed by atoms with Gasteiger partial charge in [-0.2, -0.15) is 21.7 Å². The van der Waals surface area contributed by atoms with Crippen LogP contribution in [0.15, 0.2) is 24.7 Å². The van der Waals surface area contributed by atoms with Crippen LogP contribution < -0.4 is 14.6 Å². The minimum absolute atomic E-state index is 0.0126. The Hall–Kier alpha value is -2.97. The van der Waals surface area contributed by atoms with Gasteiger partial charge in [-0.3, -0.25) is 15.4 Å². The van der Waals surface area contributed by atoms with Gasteiger partial charge in [0, 0.05) is 17.6 Å². The lowest BCUT2D eigenvalue weighted by molar-refractivity contribution is 0.165. The van der Waals surface area contributed by atoms with Crippen molar-refractivity contribution in [2.45, 2.75) is 24.8 Å². The third kappa shape index (κ3) is 5.08. The summed E-state index contributed by atoms with van der Waals surface area (Å²) in [6.07, 6.45) is 5.13. The van der Waals surface area contributed by atoms with Crippen LogP contribution in [0, 0.1) is 0 Å². The fourth-order valence-electron chi connectivity index (χ4n) is 2.74. The van der Waals surface area contributed by atoms with E-state index in [0.717, 1.165) is 15.8 Å². The number of isocyanates is 1. The molecule has 166 valence electrons. The summed E-state index contributed by atoms with van der Waals surface area (Å²) in [5, 5.41) is 29.0. The highest BCUT2D eigenvalue weighted by molar-refractivity contribution is 7.99. The molecule has 0 saturated heterocycles. The monoisotopic (exact) mass is 491 g/mol. The van der Waals surface area contributed by atoms with Crippen LogP contribution in [0.4, 0.5) is 10.9 Å². The topological polar surface area (TPSA) is 150 Å². The zero-order chi connectivity index (χ0) is 22.3. The Morgan fingerprint density at radius 2 is 2.22 bits per heavy atom. The molecule has 12 nitrogen and oxygen atoms in total. The average Bonchev–Trinajstić information content (AvgIpc) is 3.61. The van der Waals surface area contributed by atoms with Gasteiger partial charge in [-0.1, -0.05) is 28.5 Å². The molecule has 2 unspecified atom stereocenters. The molecule has 2 atom stereocenters. The minimum atomic E-state index is -0.511. The lowest BCUT2D eigenvalue weighted by atomic mass is 10.3. The number of hydrogen-bond acceptors (Lipinski definition) is 12. The highest BCUT2D eigenvalue weighted by Crippen LogP contribution is 2.37. The molecule has 0 fully saturated rings.